The van der Waals surface area contributed by atoms with E-state index in [1.807, 2.05) is 0 Å². The molecule has 27 heavy (non-hydrogen) atoms. The Bertz CT molecular complexity index is 562. The highest BCUT2D eigenvalue weighted by atomic mass is 16.6. The summed E-state index contributed by atoms with van der Waals surface area (Å²) >= 11 is 0. The van der Waals surface area contributed by atoms with E-state index in [1.165, 1.54) is 4.90 Å². The summed E-state index contributed by atoms with van der Waals surface area (Å²) in [4.78, 5) is 41.7. The van der Waals surface area contributed by atoms with Gasteiger partial charge >= 0.3 is 12.1 Å². The third kappa shape index (κ3) is 9.55. The fourth-order valence-corrected chi connectivity index (χ4v) is 2.48. The molecule has 11 nitrogen and oxygen atoms in total. The van der Waals surface area contributed by atoms with Crippen molar-refractivity contribution >= 4 is 18.0 Å². The van der Waals surface area contributed by atoms with Gasteiger partial charge in [0.2, 0.25) is 5.91 Å². The third-order valence-electron chi connectivity index (χ3n) is 3.80. The molecule has 1 saturated heterocycles. The van der Waals surface area contributed by atoms with Crippen LogP contribution in [0.2, 0.25) is 0 Å². The molecule has 0 saturated carbocycles. The SMILES string of the molecule is CC(C)(C)OC(=O)NNC(=O)N1CCN(C(=O)CCCCCN=[N+]=[N-])CC1. The first-order valence-electron chi connectivity index (χ1n) is 9.05. The number of rotatable bonds is 6. The van der Waals surface area contributed by atoms with E-state index in [1.54, 1.807) is 25.7 Å². The summed E-state index contributed by atoms with van der Waals surface area (Å²) in [5.41, 5.74) is 12.0. The summed E-state index contributed by atoms with van der Waals surface area (Å²) in [5, 5.41) is 3.45. The Morgan fingerprint density at radius 3 is 2.26 bits per heavy atom. The van der Waals surface area contributed by atoms with Crippen LogP contribution in [0.5, 0.6) is 0 Å². The van der Waals surface area contributed by atoms with Crippen molar-refractivity contribution in [3.05, 3.63) is 10.4 Å². The van der Waals surface area contributed by atoms with Crippen LogP contribution in [0.1, 0.15) is 46.5 Å². The molecular formula is C16H29N7O4. The van der Waals surface area contributed by atoms with Crippen molar-refractivity contribution < 1.29 is 19.1 Å². The topological polar surface area (TPSA) is 140 Å². The van der Waals surface area contributed by atoms with Gasteiger partial charge in [-0.25, -0.2) is 20.4 Å². The zero-order chi connectivity index (χ0) is 20.3. The molecule has 0 aromatic carbocycles. The summed E-state index contributed by atoms with van der Waals surface area (Å²) in [5.74, 6) is 0.0609. The first-order valence-corrected chi connectivity index (χ1v) is 9.05. The molecule has 0 bridgehead atoms. The zero-order valence-electron chi connectivity index (χ0n) is 16.2. The van der Waals surface area contributed by atoms with E-state index < -0.39 is 17.7 Å². The highest BCUT2D eigenvalue weighted by Gasteiger charge is 2.24. The number of piperazine rings is 1. The number of azide groups is 1. The maximum absolute atomic E-state index is 12.2. The van der Waals surface area contributed by atoms with E-state index in [2.05, 4.69) is 20.9 Å². The fraction of sp³-hybridized carbons (Fsp3) is 0.812. The van der Waals surface area contributed by atoms with Crippen LogP contribution < -0.4 is 10.9 Å². The Balaban J connectivity index is 2.22. The van der Waals surface area contributed by atoms with Crippen molar-refractivity contribution in [1.82, 2.24) is 20.7 Å². The lowest BCUT2D eigenvalue weighted by molar-refractivity contribution is -0.132. The second-order valence-electron chi connectivity index (χ2n) is 7.19. The van der Waals surface area contributed by atoms with Crippen molar-refractivity contribution in [2.75, 3.05) is 32.7 Å². The first kappa shape index (κ1) is 22.4. The van der Waals surface area contributed by atoms with Crippen LogP contribution in [0, 0.1) is 0 Å². The molecule has 0 spiro atoms. The molecule has 1 rings (SSSR count). The van der Waals surface area contributed by atoms with E-state index in [4.69, 9.17) is 10.3 Å². The van der Waals surface area contributed by atoms with Crippen LogP contribution in [0.25, 0.3) is 10.4 Å². The van der Waals surface area contributed by atoms with Crippen LogP contribution in [0.3, 0.4) is 0 Å². The molecule has 2 N–H and O–H groups in total. The monoisotopic (exact) mass is 383 g/mol. The van der Waals surface area contributed by atoms with Crippen molar-refractivity contribution in [2.45, 2.75) is 52.1 Å². The minimum absolute atomic E-state index is 0.0609. The molecule has 1 aliphatic rings. The number of urea groups is 1. The molecular weight excluding hydrogens is 354 g/mol. The first-order chi connectivity index (χ1) is 12.7. The van der Waals surface area contributed by atoms with E-state index in [0.717, 1.165) is 19.3 Å². The number of ether oxygens (including phenoxy) is 1. The number of carbonyl (C=O) groups excluding carboxylic acids is 3. The van der Waals surface area contributed by atoms with Crippen molar-refractivity contribution in [3.63, 3.8) is 0 Å². The molecule has 1 heterocycles. The molecule has 11 heteroatoms. The van der Waals surface area contributed by atoms with Crippen molar-refractivity contribution in [1.29, 1.82) is 0 Å². The van der Waals surface area contributed by atoms with Crippen LogP contribution in [0.4, 0.5) is 9.59 Å². The molecule has 152 valence electrons. The number of hydrogen-bond donors (Lipinski definition) is 2. The predicted octanol–water partition coefficient (Wildman–Crippen LogP) is 2.15. The lowest BCUT2D eigenvalue weighted by Gasteiger charge is -2.34. The molecule has 0 radical (unpaired) electrons. The summed E-state index contributed by atoms with van der Waals surface area (Å²) in [6, 6.07) is -0.439. The van der Waals surface area contributed by atoms with Gasteiger partial charge in [0.05, 0.1) is 0 Å². The van der Waals surface area contributed by atoms with Gasteiger partial charge < -0.3 is 14.5 Å². The largest absolute Gasteiger partial charge is 0.443 e. The minimum Gasteiger partial charge on any atom is -0.443 e. The van der Waals surface area contributed by atoms with Crippen LogP contribution in [-0.4, -0.2) is 66.2 Å². The van der Waals surface area contributed by atoms with E-state index in [0.29, 0.717) is 39.1 Å². The van der Waals surface area contributed by atoms with E-state index in [9.17, 15) is 14.4 Å². The van der Waals surface area contributed by atoms with Gasteiger partial charge in [-0.05, 0) is 39.1 Å². The normalized spacial score (nSPS) is 14.2. The second-order valence-corrected chi connectivity index (χ2v) is 7.19. The summed E-state index contributed by atoms with van der Waals surface area (Å²) < 4.78 is 5.03. The van der Waals surface area contributed by atoms with Gasteiger partial charge in [-0.2, -0.15) is 0 Å². The smallest absolute Gasteiger partial charge is 0.426 e. The van der Waals surface area contributed by atoms with Gasteiger partial charge in [0, 0.05) is 44.1 Å². The third-order valence-corrected chi connectivity index (χ3v) is 3.80. The number of nitrogens with zero attached hydrogens (tertiary/aromatic N) is 5. The molecule has 0 atom stereocenters. The number of amides is 4. The minimum atomic E-state index is -0.731. The number of nitrogens with one attached hydrogen (secondary N) is 2. The number of carbonyl (C=O) groups is 3. The Kier molecular flexibility index (Phi) is 9.21. The highest BCUT2D eigenvalue weighted by molar-refractivity contribution is 5.79. The Hall–Kier alpha value is -2.68. The maximum atomic E-state index is 12.2. The second kappa shape index (κ2) is 11.1. The Labute approximate surface area is 159 Å². The number of hydrazine groups is 1. The maximum Gasteiger partial charge on any atom is 0.426 e. The molecule has 4 amide bonds. The molecule has 1 aliphatic heterocycles. The van der Waals surface area contributed by atoms with Gasteiger partial charge in [-0.1, -0.05) is 11.5 Å². The molecule has 0 aromatic rings. The quantitative estimate of drug-likeness (QED) is 0.238. The fourth-order valence-electron chi connectivity index (χ4n) is 2.48. The van der Waals surface area contributed by atoms with Gasteiger partial charge in [0.15, 0.2) is 0 Å². The molecule has 0 aromatic heterocycles. The Morgan fingerprint density at radius 1 is 1.04 bits per heavy atom. The lowest BCUT2D eigenvalue weighted by atomic mass is 10.1. The summed E-state index contributed by atoms with van der Waals surface area (Å²) in [7, 11) is 0. The zero-order valence-corrected chi connectivity index (χ0v) is 16.2. The van der Waals surface area contributed by atoms with Crippen LogP contribution in [0.15, 0.2) is 5.11 Å². The standard InChI is InChI=1S/C16H29N7O4/c1-16(2,3)27-15(26)20-19-14(25)23-11-9-22(10-12-23)13(24)7-5-4-6-8-18-21-17/h4-12H2,1-3H3,(H,19,25)(H,20,26). The summed E-state index contributed by atoms with van der Waals surface area (Å²) in [6.45, 7) is 7.33. The molecule has 1 fully saturated rings. The van der Waals surface area contributed by atoms with E-state index in [-0.39, 0.29) is 5.91 Å². The molecule has 0 unspecified atom stereocenters. The van der Waals surface area contributed by atoms with Crippen molar-refractivity contribution in [3.8, 4) is 0 Å². The Morgan fingerprint density at radius 2 is 1.67 bits per heavy atom. The summed E-state index contributed by atoms with van der Waals surface area (Å²) in [6.07, 6.45) is 2.08. The van der Waals surface area contributed by atoms with Gasteiger partial charge in [-0.15, -0.1) is 0 Å². The average molecular weight is 383 g/mol. The predicted molar refractivity (Wildman–Crippen MR) is 98.5 cm³/mol. The van der Waals surface area contributed by atoms with Crippen LogP contribution in [-0.2, 0) is 9.53 Å². The number of hydrogen-bond acceptors (Lipinski definition) is 5. The average Bonchev–Trinajstić information content (AvgIpc) is 2.61. The lowest BCUT2D eigenvalue weighted by Crippen LogP contribution is -2.56. The van der Waals surface area contributed by atoms with Crippen molar-refractivity contribution in [2.24, 2.45) is 5.11 Å². The molecule has 0 aliphatic carbocycles. The van der Waals surface area contributed by atoms with Gasteiger partial charge in [-0.3, -0.25) is 4.79 Å². The highest BCUT2D eigenvalue weighted by Crippen LogP contribution is 2.08. The number of unbranched alkanes of at least 4 members (excludes halogenated alkanes) is 2. The van der Waals surface area contributed by atoms with Crippen LogP contribution >= 0.6 is 0 Å². The van der Waals surface area contributed by atoms with Gasteiger partial charge in [0.1, 0.15) is 5.60 Å². The van der Waals surface area contributed by atoms with Gasteiger partial charge in [0.25, 0.3) is 0 Å². The van der Waals surface area contributed by atoms with E-state index >= 15 is 0 Å².